The molecule has 0 radical (unpaired) electrons. The SMILES string of the molecule is COC(Oc1ccc(C(=O)O)cc1)C1=CCOC=C1. The van der Waals surface area contributed by atoms with Crippen molar-refractivity contribution in [3.8, 4) is 5.75 Å². The van der Waals surface area contributed by atoms with Crippen LogP contribution in [-0.2, 0) is 9.47 Å². The van der Waals surface area contributed by atoms with Gasteiger partial charge in [-0.1, -0.05) is 0 Å². The summed E-state index contributed by atoms with van der Waals surface area (Å²) in [6.45, 7) is 0.479. The number of rotatable bonds is 5. The van der Waals surface area contributed by atoms with E-state index in [1.807, 2.05) is 6.08 Å². The van der Waals surface area contributed by atoms with Gasteiger partial charge >= 0.3 is 5.97 Å². The van der Waals surface area contributed by atoms with Gasteiger partial charge in [-0.05, 0) is 36.4 Å². The second-order valence-electron chi connectivity index (χ2n) is 3.86. The van der Waals surface area contributed by atoms with Gasteiger partial charge in [0.1, 0.15) is 12.4 Å². The molecule has 1 aromatic carbocycles. The fourth-order valence-electron chi connectivity index (χ4n) is 1.62. The average molecular weight is 262 g/mol. The topological polar surface area (TPSA) is 65.0 Å². The Morgan fingerprint density at radius 1 is 1.37 bits per heavy atom. The number of ether oxygens (including phenoxy) is 3. The Labute approximate surface area is 110 Å². The van der Waals surface area contributed by atoms with E-state index >= 15 is 0 Å². The number of hydrogen-bond acceptors (Lipinski definition) is 4. The molecule has 1 atom stereocenters. The Morgan fingerprint density at radius 3 is 2.63 bits per heavy atom. The highest BCUT2D eigenvalue weighted by Crippen LogP contribution is 2.19. The Bertz CT molecular complexity index is 501. The number of methoxy groups -OCH3 is 1. The van der Waals surface area contributed by atoms with Crippen molar-refractivity contribution in [2.24, 2.45) is 0 Å². The Kier molecular flexibility index (Phi) is 4.20. The van der Waals surface area contributed by atoms with Crippen molar-refractivity contribution in [2.75, 3.05) is 13.7 Å². The highest BCUT2D eigenvalue weighted by molar-refractivity contribution is 5.87. The van der Waals surface area contributed by atoms with Gasteiger partial charge in [0.2, 0.25) is 6.29 Å². The molecule has 1 N–H and O–H groups in total. The molecule has 0 fully saturated rings. The summed E-state index contributed by atoms with van der Waals surface area (Å²) in [5.41, 5.74) is 1.07. The summed E-state index contributed by atoms with van der Waals surface area (Å²) in [6.07, 6.45) is 4.66. The first-order chi connectivity index (χ1) is 9.20. The summed E-state index contributed by atoms with van der Waals surface area (Å²) in [7, 11) is 1.54. The van der Waals surface area contributed by atoms with E-state index in [0.29, 0.717) is 12.4 Å². The van der Waals surface area contributed by atoms with Gasteiger partial charge in [-0.2, -0.15) is 0 Å². The van der Waals surface area contributed by atoms with Gasteiger partial charge in [0.25, 0.3) is 0 Å². The van der Waals surface area contributed by atoms with Crippen LogP contribution >= 0.6 is 0 Å². The van der Waals surface area contributed by atoms with Crippen LogP contribution in [0.5, 0.6) is 5.75 Å². The third-order valence-corrected chi connectivity index (χ3v) is 2.60. The van der Waals surface area contributed by atoms with Crippen molar-refractivity contribution in [3.63, 3.8) is 0 Å². The van der Waals surface area contributed by atoms with Crippen LogP contribution in [0.15, 0.2) is 48.3 Å². The van der Waals surface area contributed by atoms with Crippen LogP contribution in [0.1, 0.15) is 10.4 Å². The van der Waals surface area contributed by atoms with Crippen LogP contribution in [0.2, 0.25) is 0 Å². The van der Waals surface area contributed by atoms with Crippen molar-refractivity contribution < 1.29 is 24.1 Å². The summed E-state index contributed by atoms with van der Waals surface area (Å²) < 4.78 is 16.0. The lowest BCUT2D eigenvalue weighted by Gasteiger charge is -2.20. The molecule has 0 saturated heterocycles. The minimum absolute atomic E-state index is 0.214. The average Bonchev–Trinajstić information content (AvgIpc) is 2.46. The van der Waals surface area contributed by atoms with Gasteiger partial charge in [-0.25, -0.2) is 4.79 Å². The van der Waals surface area contributed by atoms with E-state index in [9.17, 15) is 4.79 Å². The van der Waals surface area contributed by atoms with Gasteiger partial charge in [0, 0.05) is 12.7 Å². The summed E-state index contributed by atoms with van der Waals surface area (Å²) >= 11 is 0. The third-order valence-electron chi connectivity index (χ3n) is 2.60. The molecule has 0 amide bonds. The first-order valence-electron chi connectivity index (χ1n) is 5.71. The molecule has 19 heavy (non-hydrogen) atoms. The monoisotopic (exact) mass is 262 g/mol. The lowest BCUT2D eigenvalue weighted by Crippen LogP contribution is -2.22. The van der Waals surface area contributed by atoms with Crippen LogP contribution in [0.25, 0.3) is 0 Å². The lowest BCUT2D eigenvalue weighted by atomic mass is 10.2. The molecule has 1 aliphatic rings. The maximum absolute atomic E-state index is 10.7. The first kappa shape index (κ1) is 13.2. The second-order valence-corrected chi connectivity index (χ2v) is 3.86. The summed E-state index contributed by atoms with van der Waals surface area (Å²) in [6, 6.07) is 6.16. The zero-order valence-electron chi connectivity index (χ0n) is 10.4. The molecular weight excluding hydrogens is 248 g/mol. The molecule has 5 nitrogen and oxygen atoms in total. The predicted octanol–water partition coefficient (Wildman–Crippen LogP) is 2.21. The van der Waals surface area contributed by atoms with Crippen molar-refractivity contribution in [1.82, 2.24) is 0 Å². The molecule has 5 heteroatoms. The van der Waals surface area contributed by atoms with Crippen LogP contribution in [0, 0.1) is 0 Å². The number of carboxylic acid groups (broad SMARTS) is 1. The first-order valence-corrected chi connectivity index (χ1v) is 5.71. The minimum atomic E-state index is -0.968. The fraction of sp³-hybridized carbons (Fsp3) is 0.214. The number of hydrogen-bond donors (Lipinski definition) is 1. The van der Waals surface area contributed by atoms with Crippen molar-refractivity contribution in [1.29, 1.82) is 0 Å². The molecule has 0 bridgehead atoms. The Morgan fingerprint density at radius 2 is 2.11 bits per heavy atom. The van der Waals surface area contributed by atoms with Gasteiger partial charge in [0.15, 0.2) is 0 Å². The summed E-state index contributed by atoms with van der Waals surface area (Å²) in [4.78, 5) is 10.7. The van der Waals surface area contributed by atoms with E-state index in [4.69, 9.17) is 19.3 Å². The molecule has 0 spiro atoms. The Balaban J connectivity index is 2.07. The van der Waals surface area contributed by atoms with E-state index in [2.05, 4.69) is 0 Å². The van der Waals surface area contributed by atoms with Crippen LogP contribution in [0.4, 0.5) is 0 Å². The van der Waals surface area contributed by atoms with Gasteiger partial charge in [-0.3, -0.25) is 0 Å². The maximum atomic E-state index is 10.7. The molecule has 1 unspecified atom stereocenters. The molecule has 2 rings (SSSR count). The molecular formula is C14H14O5. The highest BCUT2D eigenvalue weighted by Gasteiger charge is 2.15. The quantitative estimate of drug-likeness (QED) is 0.824. The fourth-order valence-corrected chi connectivity index (χ4v) is 1.62. The number of carbonyl (C=O) groups is 1. The second kappa shape index (κ2) is 6.06. The maximum Gasteiger partial charge on any atom is 0.335 e. The number of benzene rings is 1. The van der Waals surface area contributed by atoms with Crippen molar-refractivity contribution in [2.45, 2.75) is 6.29 Å². The Hall–Kier alpha value is -2.27. The van der Waals surface area contributed by atoms with Crippen LogP contribution in [-0.4, -0.2) is 31.1 Å². The number of carboxylic acids is 1. The molecule has 1 heterocycles. The third kappa shape index (κ3) is 3.35. The molecule has 0 saturated carbocycles. The van der Waals surface area contributed by atoms with Gasteiger partial charge < -0.3 is 19.3 Å². The summed E-state index contributed by atoms with van der Waals surface area (Å²) in [5, 5.41) is 8.81. The van der Waals surface area contributed by atoms with E-state index in [1.165, 1.54) is 12.1 Å². The van der Waals surface area contributed by atoms with Crippen LogP contribution < -0.4 is 4.74 Å². The zero-order valence-corrected chi connectivity index (χ0v) is 10.4. The van der Waals surface area contributed by atoms with Crippen LogP contribution in [0.3, 0.4) is 0 Å². The summed E-state index contributed by atoms with van der Waals surface area (Å²) in [5.74, 6) is -0.428. The predicted molar refractivity (Wildman–Crippen MR) is 68.0 cm³/mol. The largest absolute Gasteiger partial charge is 0.497 e. The normalized spacial score (nSPS) is 15.3. The standard InChI is InChI=1S/C14H14O5/c1-17-14(11-6-8-18-9-7-11)19-12-4-2-10(3-5-12)13(15)16/h2-8,14H,9H2,1H3,(H,15,16). The van der Waals surface area contributed by atoms with E-state index < -0.39 is 12.3 Å². The highest BCUT2D eigenvalue weighted by atomic mass is 16.7. The van der Waals surface area contributed by atoms with E-state index in [1.54, 1.807) is 31.6 Å². The minimum Gasteiger partial charge on any atom is -0.497 e. The molecule has 100 valence electrons. The number of aromatic carboxylic acids is 1. The molecule has 1 aliphatic heterocycles. The molecule has 0 aromatic heterocycles. The van der Waals surface area contributed by atoms with Crippen molar-refractivity contribution >= 4 is 5.97 Å². The van der Waals surface area contributed by atoms with Gasteiger partial charge in [0.05, 0.1) is 11.8 Å². The lowest BCUT2D eigenvalue weighted by molar-refractivity contribution is -0.0232. The van der Waals surface area contributed by atoms with Gasteiger partial charge in [-0.15, -0.1) is 0 Å². The van der Waals surface area contributed by atoms with Crippen molar-refractivity contribution in [3.05, 3.63) is 53.8 Å². The smallest absolute Gasteiger partial charge is 0.335 e. The van der Waals surface area contributed by atoms with E-state index in [0.717, 1.165) is 5.57 Å². The zero-order chi connectivity index (χ0) is 13.7. The van der Waals surface area contributed by atoms with E-state index in [-0.39, 0.29) is 5.56 Å². The molecule has 0 aliphatic carbocycles. The molecule has 1 aromatic rings.